The van der Waals surface area contributed by atoms with Gasteiger partial charge in [-0.25, -0.2) is 4.98 Å². The lowest BCUT2D eigenvalue weighted by atomic mass is 10.1. The monoisotopic (exact) mass is 312 g/mol. The van der Waals surface area contributed by atoms with Crippen LogP contribution in [-0.4, -0.2) is 10.9 Å². The van der Waals surface area contributed by atoms with Gasteiger partial charge in [-0.1, -0.05) is 32.6 Å². The summed E-state index contributed by atoms with van der Waals surface area (Å²) in [6.07, 6.45) is 8.10. The summed E-state index contributed by atoms with van der Waals surface area (Å²) in [5, 5.41) is 2.83. The Hall–Kier alpha value is -0.900. The molecular formula is C14H21BrN2O. The van der Waals surface area contributed by atoms with Crippen LogP contribution < -0.4 is 5.32 Å². The van der Waals surface area contributed by atoms with Gasteiger partial charge in [-0.15, -0.1) is 0 Å². The molecule has 18 heavy (non-hydrogen) atoms. The van der Waals surface area contributed by atoms with E-state index < -0.39 is 0 Å². The van der Waals surface area contributed by atoms with Gasteiger partial charge in [0.1, 0.15) is 5.82 Å². The average molecular weight is 313 g/mol. The maximum absolute atomic E-state index is 11.7. The second-order valence-electron chi connectivity index (χ2n) is 4.53. The lowest BCUT2D eigenvalue weighted by Gasteiger charge is -2.06. The molecular weight excluding hydrogens is 292 g/mol. The largest absolute Gasteiger partial charge is 0.311 e. The van der Waals surface area contributed by atoms with Crippen molar-refractivity contribution in [2.24, 2.45) is 0 Å². The number of anilines is 1. The summed E-state index contributed by atoms with van der Waals surface area (Å²) in [7, 11) is 0. The van der Waals surface area contributed by atoms with Crippen molar-refractivity contribution < 1.29 is 4.79 Å². The molecule has 1 aromatic rings. The molecule has 0 unspecified atom stereocenters. The van der Waals surface area contributed by atoms with Crippen LogP contribution in [0.2, 0.25) is 0 Å². The van der Waals surface area contributed by atoms with Gasteiger partial charge in [0, 0.05) is 17.1 Å². The van der Waals surface area contributed by atoms with Gasteiger partial charge in [0.25, 0.3) is 0 Å². The zero-order valence-electron chi connectivity index (χ0n) is 11.1. The summed E-state index contributed by atoms with van der Waals surface area (Å²) in [6, 6.07) is 1.87. The van der Waals surface area contributed by atoms with Crippen molar-refractivity contribution in [3.05, 3.63) is 22.3 Å². The van der Waals surface area contributed by atoms with Crippen molar-refractivity contribution in [3.8, 4) is 0 Å². The first-order valence-electron chi connectivity index (χ1n) is 6.55. The van der Waals surface area contributed by atoms with Gasteiger partial charge in [-0.3, -0.25) is 4.79 Å². The van der Waals surface area contributed by atoms with Gasteiger partial charge < -0.3 is 5.32 Å². The van der Waals surface area contributed by atoms with Gasteiger partial charge in [0.05, 0.1) is 0 Å². The zero-order chi connectivity index (χ0) is 13.4. The van der Waals surface area contributed by atoms with E-state index in [-0.39, 0.29) is 5.91 Å². The highest BCUT2D eigenvalue weighted by atomic mass is 79.9. The Kier molecular flexibility index (Phi) is 6.94. The Balaban J connectivity index is 2.29. The molecule has 0 radical (unpaired) electrons. The summed E-state index contributed by atoms with van der Waals surface area (Å²) in [6.45, 7) is 4.17. The SMILES string of the molecule is CCCCCCCC(=O)Nc1cc(C)c(Br)cn1. The quantitative estimate of drug-likeness (QED) is 0.756. The summed E-state index contributed by atoms with van der Waals surface area (Å²) in [5.41, 5.74) is 1.07. The molecule has 1 aromatic heterocycles. The minimum atomic E-state index is 0.0562. The van der Waals surface area contributed by atoms with Crippen molar-refractivity contribution in [2.75, 3.05) is 5.32 Å². The van der Waals surface area contributed by atoms with Crippen LogP contribution >= 0.6 is 15.9 Å². The number of hydrogen-bond donors (Lipinski definition) is 1. The predicted molar refractivity (Wildman–Crippen MR) is 78.7 cm³/mol. The molecule has 0 spiro atoms. The Bertz CT molecular complexity index is 393. The number of nitrogens with zero attached hydrogens (tertiary/aromatic N) is 1. The Labute approximate surface area is 118 Å². The summed E-state index contributed by atoms with van der Waals surface area (Å²) < 4.78 is 0.958. The van der Waals surface area contributed by atoms with Crippen LogP contribution in [0.5, 0.6) is 0 Å². The third-order valence-corrected chi connectivity index (χ3v) is 3.65. The number of nitrogens with one attached hydrogen (secondary N) is 1. The number of carbonyl (C=O) groups excluding carboxylic acids is 1. The van der Waals surface area contributed by atoms with Gasteiger partial charge in [-0.2, -0.15) is 0 Å². The van der Waals surface area contributed by atoms with Crippen LogP contribution in [0.15, 0.2) is 16.7 Å². The standard InChI is InChI=1S/C14H21BrN2O/c1-3-4-5-6-7-8-14(18)17-13-9-11(2)12(15)10-16-13/h9-10H,3-8H2,1-2H3,(H,16,17,18). The molecule has 4 heteroatoms. The van der Waals surface area contributed by atoms with E-state index in [4.69, 9.17) is 0 Å². The molecule has 0 aliphatic rings. The maximum Gasteiger partial charge on any atom is 0.225 e. The minimum absolute atomic E-state index is 0.0562. The van der Waals surface area contributed by atoms with E-state index in [1.165, 1.54) is 19.3 Å². The molecule has 1 amide bonds. The molecule has 0 aromatic carbocycles. The fraction of sp³-hybridized carbons (Fsp3) is 0.571. The normalized spacial score (nSPS) is 10.4. The highest BCUT2D eigenvalue weighted by molar-refractivity contribution is 9.10. The van der Waals surface area contributed by atoms with Crippen molar-refractivity contribution in [1.29, 1.82) is 0 Å². The maximum atomic E-state index is 11.7. The van der Waals surface area contributed by atoms with E-state index in [0.29, 0.717) is 12.2 Å². The summed E-state index contributed by atoms with van der Waals surface area (Å²) in [5.74, 6) is 0.690. The first-order chi connectivity index (χ1) is 8.63. The van der Waals surface area contributed by atoms with E-state index in [0.717, 1.165) is 22.9 Å². The number of rotatable bonds is 7. The molecule has 0 saturated heterocycles. The molecule has 0 aliphatic heterocycles. The van der Waals surface area contributed by atoms with Crippen molar-refractivity contribution in [1.82, 2.24) is 4.98 Å². The van der Waals surface area contributed by atoms with Crippen LogP contribution in [0.3, 0.4) is 0 Å². The molecule has 3 nitrogen and oxygen atoms in total. The highest BCUT2D eigenvalue weighted by Crippen LogP contribution is 2.17. The Morgan fingerprint density at radius 2 is 2.06 bits per heavy atom. The molecule has 1 N–H and O–H groups in total. The van der Waals surface area contributed by atoms with Gasteiger partial charge in [0.15, 0.2) is 0 Å². The first kappa shape index (κ1) is 15.2. The predicted octanol–water partition coefficient (Wildman–Crippen LogP) is 4.45. The van der Waals surface area contributed by atoms with Crippen molar-refractivity contribution >= 4 is 27.7 Å². The topological polar surface area (TPSA) is 42.0 Å². The number of carbonyl (C=O) groups is 1. The zero-order valence-corrected chi connectivity index (χ0v) is 12.7. The van der Waals surface area contributed by atoms with E-state index in [1.54, 1.807) is 6.20 Å². The lowest BCUT2D eigenvalue weighted by molar-refractivity contribution is -0.116. The van der Waals surface area contributed by atoms with E-state index >= 15 is 0 Å². The van der Waals surface area contributed by atoms with Gasteiger partial charge in [-0.05, 0) is 40.9 Å². The molecule has 0 aliphatic carbocycles. The van der Waals surface area contributed by atoms with Crippen LogP contribution in [-0.2, 0) is 4.79 Å². The molecule has 0 fully saturated rings. The average Bonchev–Trinajstić information content (AvgIpc) is 2.34. The van der Waals surface area contributed by atoms with Crippen LogP contribution in [0.4, 0.5) is 5.82 Å². The third kappa shape index (κ3) is 5.63. The number of hydrogen-bond acceptors (Lipinski definition) is 2. The molecule has 0 bridgehead atoms. The van der Waals surface area contributed by atoms with Crippen LogP contribution in [0.25, 0.3) is 0 Å². The number of aryl methyl sites for hydroxylation is 1. The highest BCUT2D eigenvalue weighted by Gasteiger charge is 2.04. The smallest absolute Gasteiger partial charge is 0.225 e. The fourth-order valence-electron chi connectivity index (χ4n) is 1.70. The number of unbranched alkanes of at least 4 members (excludes halogenated alkanes) is 4. The van der Waals surface area contributed by atoms with E-state index in [9.17, 15) is 4.79 Å². The molecule has 0 saturated carbocycles. The Morgan fingerprint density at radius 1 is 1.33 bits per heavy atom. The lowest BCUT2D eigenvalue weighted by Crippen LogP contribution is -2.12. The second kappa shape index (κ2) is 8.25. The Morgan fingerprint density at radius 3 is 2.72 bits per heavy atom. The third-order valence-electron chi connectivity index (χ3n) is 2.82. The minimum Gasteiger partial charge on any atom is -0.311 e. The number of pyridine rings is 1. The van der Waals surface area contributed by atoms with Gasteiger partial charge in [0.2, 0.25) is 5.91 Å². The second-order valence-corrected chi connectivity index (χ2v) is 5.39. The summed E-state index contributed by atoms with van der Waals surface area (Å²) in [4.78, 5) is 15.8. The van der Waals surface area contributed by atoms with Crippen molar-refractivity contribution in [3.63, 3.8) is 0 Å². The number of aromatic nitrogens is 1. The molecule has 1 rings (SSSR count). The number of halogens is 1. The van der Waals surface area contributed by atoms with Crippen molar-refractivity contribution in [2.45, 2.75) is 52.4 Å². The van der Waals surface area contributed by atoms with Crippen LogP contribution in [0, 0.1) is 6.92 Å². The van der Waals surface area contributed by atoms with Gasteiger partial charge >= 0.3 is 0 Å². The summed E-state index contributed by atoms with van der Waals surface area (Å²) >= 11 is 3.39. The van der Waals surface area contributed by atoms with Crippen LogP contribution in [0.1, 0.15) is 51.0 Å². The fourth-order valence-corrected chi connectivity index (χ4v) is 1.92. The number of amides is 1. The molecule has 100 valence electrons. The van der Waals surface area contributed by atoms with E-state index in [1.807, 2.05) is 13.0 Å². The van der Waals surface area contributed by atoms with E-state index in [2.05, 4.69) is 33.2 Å². The molecule has 0 atom stereocenters. The first-order valence-corrected chi connectivity index (χ1v) is 7.34. The molecule has 1 heterocycles.